The number of pyridine rings is 1. The molecule has 2 aromatic carbocycles. The number of carbonyl (C=O) groups excluding carboxylic acids is 1. The van der Waals surface area contributed by atoms with Crippen LogP contribution in [0.4, 0.5) is 11.5 Å². The van der Waals surface area contributed by atoms with Gasteiger partial charge in [-0.3, -0.25) is 4.79 Å². The van der Waals surface area contributed by atoms with E-state index in [1.807, 2.05) is 53.4 Å². The molecule has 6 heteroatoms. The molecule has 29 heavy (non-hydrogen) atoms. The van der Waals surface area contributed by atoms with Gasteiger partial charge in [0.2, 0.25) is 0 Å². The summed E-state index contributed by atoms with van der Waals surface area (Å²) in [5, 5.41) is 4.08. The molecule has 148 valence electrons. The van der Waals surface area contributed by atoms with E-state index >= 15 is 0 Å². The van der Waals surface area contributed by atoms with Crippen molar-refractivity contribution in [3.05, 3.63) is 83.0 Å². The van der Waals surface area contributed by atoms with Crippen molar-refractivity contribution in [3.63, 3.8) is 0 Å². The van der Waals surface area contributed by atoms with Crippen LogP contribution in [0.15, 0.2) is 66.9 Å². The first kappa shape index (κ1) is 19.3. The standard InChI is InChI=1S/C23H22ClN3O2/c1-15-12-20(26-22-11-10-17(24)14-25-22)19-8-3-4-9-21(19)27(15)23(28)16-6-5-7-18(13-16)29-2/h3-11,13-15,20H,12H2,1-2H3,(H,25,26). The van der Waals surface area contributed by atoms with Gasteiger partial charge in [0.05, 0.1) is 18.2 Å². The average molecular weight is 408 g/mol. The number of ether oxygens (including phenoxy) is 1. The summed E-state index contributed by atoms with van der Waals surface area (Å²) < 4.78 is 5.28. The number of halogens is 1. The molecule has 0 saturated carbocycles. The average Bonchev–Trinajstić information content (AvgIpc) is 2.75. The lowest BCUT2D eigenvalue weighted by molar-refractivity contribution is 0.0974. The van der Waals surface area contributed by atoms with E-state index in [9.17, 15) is 4.79 Å². The van der Waals surface area contributed by atoms with Crippen LogP contribution < -0.4 is 15.0 Å². The van der Waals surface area contributed by atoms with Crippen molar-refractivity contribution in [2.24, 2.45) is 0 Å². The Balaban J connectivity index is 1.67. The molecule has 2 heterocycles. The Morgan fingerprint density at radius 1 is 1.17 bits per heavy atom. The molecular formula is C23H22ClN3O2. The van der Waals surface area contributed by atoms with E-state index in [0.717, 1.165) is 23.5 Å². The van der Waals surface area contributed by atoms with Gasteiger partial charge in [-0.15, -0.1) is 0 Å². The Hall–Kier alpha value is -3.05. The molecule has 3 aromatic rings. The number of methoxy groups -OCH3 is 1. The second-order valence-electron chi connectivity index (χ2n) is 7.11. The number of amides is 1. The van der Waals surface area contributed by atoms with Crippen molar-refractivity contribution in [3.8, 4) is 5.75 Å². The molecule has 2 atom stereocenters. The number of carbonyl (C=O) groups is 1. The predicted octanol–water partition coefficient (Wildman–Crippen LogP) is 5.34. The minimum atomic E-state index is -0.0353. The zero-order chi connectivity index (χ0) is 20.4. The van der Waals surface area contributed by atoms with Crippen LogP contribution in [0.3, 0.4) is 0 Å². The van der Waals surface area contributed by atoms with Gasteiger partial charge >= 0.3 is 0 Å². The Kier molecular flexibility index (Phi) is 5.41. The normalized spacial score (nSPS) is 18.1. The smallest absolute Gasteiger partial charge is 0.258 e. The molecule has 0 aliphatic carbocycles. The molecule has 1 aliphatic heterocycles. The van der Waals surface area contributed by atoms with Gasteiger partial charge in [0.15, 0.2) is 0 Å². The highest BCUT2D eigenvalue weighted by Crippen LogP contribution is 2.39. The third-order valence-electron chi connectivity index (χ3n) is 5.17. The van der Waals surface area contributed by atoms with Crippen molar-refractivity contribution in [2.75, 3.05) is 17.3 Å². The molecule has 5 nitrogen and oxygen atoms in total. The van der Waals surface area contributed by atoms with Crippen LogP contribution in [-0.4, -0.2) is 24.0 Å². The minimum absolute atomic E-state index is 0.00778. The number of rotatable bonds is 4. The largest absolute Gasteiger partial charge is 0.497 e. The maximum Gasteiger partial charge on any atom is 0.258 e. The molecule has 0 fully saturated rings. The van der Waals surface area contributed by atoms with Gasteiger partial charge in [0.25, 0.3) is 5.91 Å². The van der Waals surface area contributed by atoms with Crippen molar-refractivity contribution < 1.29 is 9.53 Å². The van der Waals surface area contributed by atoms with Gasteiger partial charge in [0.1, 0.15) is 11.6 Å². The summed E-state index contributed by atoms with van der Waals surface area (Å²) in [6.07, 6.45) is 2.39. The van der Waals surface area contributed by atoms with E-state index in [2.05, 4.69) is 23.3 Å². The maximum absolute atomic E-state index is 13.4. The molecule has 0 saturated heterocycles. The van der Waals surface area contributed by atoms with E-state index in [4.69, 9.17) is 16.3 Å². The molecule has 1 N–H and O–H groups in total. The van der Waals surface area contributed by atoms with Gasteiger partial charge in [0, 0.05) is 23.5 Å². The quantitative estimate of drug-likeness (QED) is 0.634. The van der Waals surface area contributed by atoms with E-state index in [-0.39, 0.29) is 18.0 Å². The van der Waals surface area contributed by atoms with Crippen LogP contribution >= 0.6 is 11.6 Å². The Bertz CT molecular complexity index is 1020. The lowest BCUT2D eigenvalue weighted by Crippen LogP contribution is -2.44. The van der Waals surface area contributed by atoms with Crippen molar-refractivity contribution in [1.82, 2.24) is 4.98 Å². The maximum atomic E-state index is 13.4. The number of aromatic nitrogens is 1. The molecular weight excluding hydrogens is 386 g/mol. The number of hydrogen-bond donors (Lipinski definition) is 1. The molecule has 1 amide bonds. The number of fused-ring (bicyclic) bond motifs is 1. The zero-order valence-electron chi connectivity index (χ0n) is 16.3. The molecule has 1 aliphatic rings. The third kappa shape index (κ3) is 3.91. The van der Waals surface area contributed by atoms with Crippen molar-refractivity contribution in [2.45, 2.75) is 25.4 Å². The fraction of sp³-hybridized carbons (Fsp3) is 0.217. The number of hydrogen-bond acceptors (Lipinski definition) is 4. The fourth-order valence-electron chi connectivity index (χ4n) is 3.79. The van der Waals surface area contributed by atoms with E-state index in [0.29, 0.717) is 16.3 Å². The molecule has 0 bridgehead atoms. The van der Waals surface area contributed by atoms with Gasteiger partial charge in [-0.25, -0.2) is 4.98 Å². The van der Waals surface area contributed by atoms with Crippen molar-refractivity contribution >= 4 is 29.0 Å². The van der Waals surface area contributed by atoms with Gasteiger partial charge in [-0.1, -0.05) is 35.9 Å². The minimum Gasteiger partial charge on any atom is -0.497 e. The van der Waals surface area contributed by atoms with Crippen LogP contribution in [0.2, 0.25) is 5.02 Å². The van der Waals surface area contributed by atoms with Crippen LogP contribution in [0, 0.1) is 0 Å². The number of nitrogens with zero attached hydrogens (tertiary/aromatic N) is 2. The van der Waals surface area contributed by atoms with Crippen molar-refractivity contribution in [1.29, 1.82) is 0 Å². The number of nitrogens with one attached hydrogen (secondary N) is 1. The van der Waals surface area contributed by atoms with Crippen LogP contribution in [-0.2, 0) is 0 Å². The van der Waals surface area contributed by atoms with Crippen LogP contribution in [0.5, 0.6) is 5.75 Å². The Morgan fingerprint density at radius 2 is 2.00 bits per heavy atom. The first-order chi connectivity index (χ1) is 14.1. The van der Waals surface area contributed by atoms with E-state index in [1.54, 1.807) is 19.4 Å². The predicted molar refractivity (Wildman–Crippen MR) is 116 cm³/mol. The SMILES string of the molecule is COc1cccc(C(=O)N2c3ccccc3C(Nc3ccc(Cl)cn3)CC2C)c1. The molecule has 0 spiro atoms. The highest BCUT2D eigenvalue weighted by molar-refractivity contribution is 6.30. The third-order valence-corrected chi connectivity index (χ3v) is 5.40. The van der Waals surface area contributed by atoms with Gasteiger partial charge in [-0.2, -0.15) is 0 Å². The second-order valence-corrected chi connectivity index (χ2v) is 7.55. The molecule has 2 unspecified atom stereocenters. The van der Waals surface area contributed by atoms with E-state index < -0.39 is 0 Å². The van der Waals surface area contributed by atoms with Crippen LogP contribution in [0.25, 0.3) is 0 Å². The lowest BCUT2D eigenvalue weighted by atomic mass is 9.91. The Morgan fingerprint density at radius 3 is 2.76 bits per heavy atom. The van der Waals surface area contributed by atoms with Gasteiger partial charge < -0.3 is 15.0 Å². The summed E-state index contributed by atoms with van der Waals surface area (Å²) in [6.45, 7) is 2.07. The summed E-state index contributed by atoms with van der Waals surface area (Å²) in [5.74, 6) is 1.39. The van der Waals surface area contributed by atoms with Gasteiger partial charge in [-0.05, 0) is 55.3 Å². The second kappa shape index (κ2) is 8.13. The molecule has 0 radical (unpaired) electrons. The highest BCUT2D eigenvalue weighted by atomic mass is 35.5. The monoisotopic (exact) mass is 407 g/mol. The first-order valence-corrected chi connectivity index (χ1v) is 9.89. The summed E-state index contributed by atoms with van der Waals surface area (Å²) in [4.78, 5) is 19.6. The Labute approximate surface area is 175 Å². The fourth-order valence-corrected chi connectivity index (χ4v) is 3.91. The topological polar surface area (TPSA) is 54.5 Å². The van der Waals surface area contributed by atoms with Crippen LogP contribution in [0.1, 0.15) is 35.3 Å². The summed E-state index contributed by atoms with van der Waals surface area (Å²) >= 11 is 5.95. The summed E-state index contributed by atoms with van der Waals surface area (Å²) in [5.41, 5.74) is 2.58. The first-order valence-electron chi connectivity index (χ1n) is 9.51. The number of benzene rings is 2. The number of anilines is 2. The zero-order valence-corrected chi connectivity index (χ0v) is 17.1. The summed E-state index contributed by atoms with van der Waals surface area (Å²) in [6, 6.07) is 19.0. The highest BCUT2D eigenvalue weighted by Gasteiger charge is 2.34. The number of para-hydroxylation sites is 1. The molecule has 4 rings (SSSR count). The molecule has 1 aromatic heterocycles. The summed E-state index contributed by atoms with van der Waals surface area (Å²) in [7, 11) is 1.60. The van der Waals surface area contributed by atoms with E-state index in [1.165, 1.54) is 0 Å². The lowest BCUT2D eigenvalue weighted by Gasteiger charge is -2.39.